The first-order valence-corrected chi connectivity index (χ1v) is 10.4. The molecule has 6 heteroatoms. The highest BCUT2D eigenvalue weighted by Gasteiger charge is 2.36. The number of thioether (sulfide) groups is 2. The van der Waals surface area contributed by atoms with Gasteiger partial charge in [0.2, 0.25) is 5.91 Å². The SMILES string of the molecule is Cc1ccc2nc([C@H]3CCCN3C(=O)[C@H]3CSCCS3)[nH]c2c1. The number of carbonyl (C=O) groups excluding carboxylic acids is 1. The molecule has 1 N–H and O–H groups in total. The predicted molar refractivity (Wildman–Crippen MR) is 98.1 cm³/mol. The van der Waals surface area contributed by atoms with E-state index in [1.807, 2.05) is 23.5 Å². The Labute approximate surface area is 144 Å². The molecule has 2 atom stereocenters. The minimum Gasteiger partial charge on any atom is -0.340 e. The molecule has 2 fully saturated rings. The Morgan fingerprint density at radius 1 is 1.39 bits per heavy atom. The number of likely N-dealkylation sites (tertiary alicyclic amines) is 1. The lowest BCUT2D eigenvalue weighted by atomic mass is 10.2. The van der Waals surface area contributed by atoms with Gasteiger partial charge in [-0.05, 0) is 37.5 Å². The summed E-state index contributed by atoms with van der Waals surface area (Å²) < 4.78 is 0. The van der Waals surface area contributed by atoms with Gasteiger partial charge >= 0.3 is 0 Å². The third-order valence-electron chi connectivity index (χ3n) is 4.60. The van der Waals surface area contributed by atoms with Crippen LogP contribution in [-0.2, 0) is 4.79 Å². The topological polar surface area (TPSA) is 49.0 Å². The normalized spacial score (nSPS) is 25.2. The maximum absolute atomic E-state index is 12.9. The monoisotopic (exact) mass is 347 g/mol. The van der Waals surface area contributed by atoms with Crippen molar-refractivity contribution < 1.29 is 4.79 Å². The molecule has 23 heavy (non-hydrogen) atoms. The number of hydrogen-bond donors (Lipinski definition) is 1. The summed E-state index contributed by atoms with van der Waals surface area (Å²) in [4.78, 5) is 23.2. The fraction of sp³-hybridized carbons (Fsp3) is 0.529. The molecular weight excluding hydrogens is 326 g/mol. The van der Waals surface area contributed by atoms with E-state index in [1.54, 1.807) is 0 Å². The van der Waals surface area contributed by atoms with Crippen LogP contribution < -0.4 is 0 Å². The smallest absolute Gasteiger partial charge is 0.237 e. The first-order chi connectivity index (χ1) is 11.2. The highest BCUT2D eigenvalue weighted by Crippen LogP contribution is 2.35. The zero-order valence-electron chi connectivity index (χ0n) is 13.2. The first-order valence-electron chi connectivity index (χ1n) is 8.18. The summed E-state index contributed by atoms with van der Waals surface area (Å²) >= 11 is 3.72. The fourth-order valence-corrected chi connectivity index (χ4v) is 6.05. The standard InChI is InChI=1S/C17H21N3OS2/c1-11-4-5-12-13(9-11)19-16(18-12)14-3-2-6-20(14)17(21)15-10-22-7-8-23-15/h4-5,9,14-15H,2-3,6-8,10H2,1H3,(H,18,19)/t14-,15-/m1/s1. The molecule has 2 aliphatic rings. The van der Waals surface area contributed by atoms with Crippen LogP contribution in [0, 0.1) is 6.92 Å². The van der Waals surface area contributed by atoms with Gasteiger partial charge in [-0.1, -0.05) is 6.07 Å². The van der Waals surface area contributed by atoms with Gasteiger partial charge in [0.15, 0.2) is 0 Å². The van der Waals surface area contributed by atoms with E-state index in [9.17, 15) is 4.79 Å². The van der Waals surface area contributed by atoms with Crippen molar-refractivity contribution in [1.82, 2.24) is 14.9 Å². The molecule has 122 valence electrons. The number of carbonyl (C=O) groups is 1. The average molecular weight is 348 g/mol. The average Bonchev–Trinajstić information content (AvgIpc) is 3.20. The molecule has 0 unspecified atom stereocenters. The highest BCUT2D eigenvalue weighted by atomic mass is 32.2. The quantitative estimate of drug-likeness (QED) is 0.905. The second-order valence-corrected chi connectivity index (χ2v) is 8.73. The van der Waals surface area contributed by atoms with Crippen molar-refractivity contribution in [2.45, 2.75) is 31.1 Å². The van der Waals surface area contributed by atoms with Crippen LogP contribution in [0.4, 0.5) is 0 Å². The lowest BCUT2D eigenvalue weighted by Gasteiger charge is -2.29. The molecule has 3 heterocycles. The number of H-pyrrole nitrogens is 1. The van der Waals surface area contributed by atoms with Gasteiger partial charge in [0.05, 0.1) is 22.3 Å². The van der Waals surface area contributed by atoms with Gasteiger partial charge in [0.25, 0.3) is 0 Å². The number of benzene rings is 1. The van der Waals surface area contributed by atoms with Crippen LogP contribution in [-0.4, -0.2) is 49.8 Å². The second kappa shape index (κ2) is 6.40. The van der Waals surface area contributed by atoms with Crippen LogP contribution in [0.2, 0.25) is 0 Å². The molecule has 2 saturated heterocycles. The van der Waals surface area contributed by atoms with E-state index in [-0.39, 0.29) is 11.3 Å². The van der Waals surface area contributed by atoms with Gasteiger partial charge in [-0.25, -0.2) is 4.98 Å². The number of nitrogens with one attached hydrogen (secondary N) is 1. The van der Waals surface area contributed by atoms with Crippen molar-refractivity contribution in [2.75, 3.05) is 23.8 Å². The molecule has 0 bridgehead atoms. The Balaban J connectivity index is 1.59. The zero-order valence-corrected chi connectivity index (χ0v) is 14.9. The van der Waals surface area contributed by atoms with Gasteiger partial charge in [-0.3, -0.25) is 4.79 Å². The van der Waals surface area contributed by atoms with Crippen molar-refractivity contribution in [3.8, 4) is 0 Å². The minimum atomic E-state index is 0.114. The first kappa shape index (κ1) is 15.4. The number of aryl methyl sites for hydroxylation is 1. The van der Waals surface area contributed by atoms with Gasteiger partial charge in [0.1, 0.15) is 5.82 Å². The van der Waals surface area contributed by atoms with Gasteiger partial charge in [0, 0.05) is 23.8 Å². The van der Waals surface area contributed by atoms with Crippen molar-refractivity contribution in [2.24, 2.45) is 0 Å². The van der Waals surface area contributed by atoms with E-state index >= 15 is 0 Å². The van der Waals surface area contributed by atoms with Gasteiger partial charge < -0.3 is 9.88 Å². The number of amides is 1. The molecule has 0 aliphatic carbocycles. The minimum absolute atomic E-state index is 0.114. The van der Waals surface area contributed by atoms with E-state index < -0.39 is 0 Å². The number of imidazole rings is 1. The predicted octanol–water partition coefficient (Wildman–Crippen LogP) is 3.38. The van der Waals surface area contributed by atoms with Crippen LogP contribution in [0.1, 0.15) is 30.3 Å². The van der Waals surface area contributed by atoms with Crippen LogP contribution in [0.3, 0.4) is 0 Å². The summed E-state index contributed by atoms with van der Waals surface area (Å²) in [6.45, 7) is 2.95. The Hall–Kier alpha value is -1.14. The molecule has 4 nitrogen and oxygen atoms in total. The van der Waals surface area contributed by atoms with Crippen LogP contribution in [0.15, 0.2) is 18.2 Å². The van der Waals surface area contributed by atoms with Crippen molar-refractivity contribution in [3.63, 3.8) is 0 Å². The number of fused-ring (bicyclic) bond motifs is 1. The molecule has 1 aromatic carbocycles. The molecule has 2 aliphatic heterocycles. The molecule has 1 amide bonds. The molecule has 1 aromatic heterocycles. The van der Waals surface area contributed by atoms with Crippen LogP contribution in [0.25, 0.3) is 11.0 Å². The molecule has 0 saturated carbocycles. The maximum atomic E-state index is 12.9. The van der Waals surface area contributed by atoms with E-state index in [0.717, 1.165) is 47.7 Å². The molecule has 0 spiro atoms. The van der Waals surface area contributed by atoms with Crippen molar-refractivity contribution in [3.05, 3.63) is 29.6 Å². The fourth-order valence-electron chi connectivity index (χ4n) is 3.43. The number of aromatic amines is 1. The summed E-state index contributed by atoms with van der Waals surface area (Å²) in [7, 11) is 0. The summed E-state index contributed by atoms with van der Waals surface area (Å²) in [5.41, 5.74) is 3.29. The highest BCUT2D eigenvalue weighted by molar-refractivity contribution is 8.07. The summed E-state index contributed by atoms with van der Waals surface area (Å²) in [5.74, 6) is 4.46. The zero-order chi connectivity index (χ0) is 15.8. The van der Waals surface area contributed by atoms with Crippen molar-refractivity contribution >= 4 is 40.5 Å². The summed E-state index contributed by atoms with van der Waals surface area (Å²) in [6.07, 6.45) is 2.08. The molecule has 0 radical (unpaired) electrons. The van der Waals surface area contributed by atoms with E-state index in [4.69, 9.17) is 4.98 Å². The molecular formula is C17H21N3OS2. The Morgan fingerprint density at radius 3 is 3.13 bits per heavy atom. The third kappa shape index (κ3) is 2.98. The van der Waals surface area contributed by atoms with Gasteiger partial charge in [-0.15, -0.1) is 11.8 Å². The number of nitrogens with zero attached hydrogens (tertiary/aromatic N) is 2. The summed E-state index contributed by atoms with van der Waals surface area (Å²) in [5, 5.41) is 0.126. The van der Waals surface area contributed by atoms with Gasteiger partial charge in [-0.2, -0.15) is 11.8 Å². The lowest BCUT2D eigenvalue weighted by molar-refractivity contribution is -0.131. The second-order valence-electron chi connectivity index (χ2n) is 6.27. The number of rotatable bonds is 2. The number of aromatic nitrogens is 2. The number of hydrogen-bond acceptors (Lipinski definition) is 4. The Kier molecular flexibility index (Phi) is 4.28. The lowest BCUT2D eigenvalue weighted by Crippen LogP contribution is -2.40. The third-order valence-corrected chi connectivity index (χ3v) is 7.34. The Morgan fingerprint density at radius 2 is 2.30 bits per heavy atom. The largest absolute Gasteiger partial charge is 0.340 e. The van der Waals surface area contributed by atoms with Crippen LogP contribution >= 0.6 is 23.5 Å². The van der Waals surface area contributed by atoms with E-state index in [0.29, 0.717) is 5.91 Å². The van der Waals surface area contributed by atoms with E-state index in [2.05, 4.69) is 35.0 Å². The van der Waals surface area contributed by atoms with E-state index in [1.165, 1.54) is 11.3 Å². The van der Waals surface area contributed by atoms with Crippen molar-refractivity contribution in [1.29, 1.82) is 0 Å². The molecule has 4 rings (SSSR count). The molecule has 2 aromatic rings. The maximum Gasteiger partial charge on any atom is 0.237 e. The summed E-state index contributed by atoms with van der Waals surface area (Å²) in [6, 6.07) is 6.38. The van der Waals surface area contributed by atoms with Crippen LogP contribution in [0.5, 0.6) is 0 Å². The Bertz CT molecular complexity index is 724.